The lowest BCUT2D eigenvalue weighted by atomic mass is 10.2. The third kappa shape index (κ3) is 4.23. The van der Waals surface area contributed by atoms with Crippen molar-refractivity contribution >= 4 is 10.0 Å². The van der Waals surface area contributed by atoms with Crippen LogP contribution in [0.1, 0.15) is 46.5 Å². The second-order valence-corrected chi connectivity index (χ2v) is 7.60. The molecule has 1 saturated carbocycles. The summed E-state index contributed by atoms with van der Waals surface area (Å²) >= 11 is 0. The first-order valence-corrected chi connectivity index (χ1v) is 8.10. The second-order valence-electron chi connectivity index (χ2n) is 5.19. The highest BCUT2D eigenvalue weighted by Crippen LogP contribution is 2.19. The van der Waals surface area contributed by atoms with Gasteiger partial charge in [0.1, 0.15) is 0 Å². The third-order valence-electron chi connectivity index (χ3n) is 3.51. The highest BCUT2D eigenvalue weighted by Gasteiger charge is 2.30. The van der Waals surface area contributed by atoms with Gasteiger partial charge in [0.2, 0.25) is 10.0 Å². The van der Waals surface area contributed by atoms with Crippen LogP contribution in [0, 0.1) is 0 Å². The maximum Gasteiger partial charge on any atom is 0.217 e. The van der Waals surface area contributed by atoms with Crippen LogP contribution in [0.3, 0.4) is 0 Å². The topological polar surface area (TPSA) is 49.4 Å². The Labute approximate surface area is 106 Å². The smallest absolute Gasteiger partial charge is 0.217 e. The SMILES string of the molecule is CCCC(C)N(C)S(=O)(=O)C(C)CNC1CC1. The summed E-state index contributed by atoms with van der Waals surface area (Å²) in [5.74, 6) is 0. The summed E-state index contributed by atoms with van der Waals surface area (Å²) in [4.78, 5) is 0. The Morgan fingerprint density at radius 1 is 1.35 bits per heavy atom. The van der Waals surface area contributed by atoms with E-state index in [1.54, 1.807) is 14.0 Å². The minimum absolute atomic E-state index is 0.0911. The van der Waals surface area contributed by atoms with E-state index in [1.807, 2.05) is 6.92 Å². The largest absolute Gasteiger partial charge is 0.313 e. The summed E-state index contributed by atoms with van der Waals surface area (Å²) in [6.07, 6.45) is 4.30. The normalized spacial score (nSPS) is 20.5. The quantitative estimate of drug-likeness (QED) is 0.722. The maximum absolute atomic E-state index is 12.3. The molecule has 0 aromatic carbocycles. The van der Waals surface area contributed by atoms with Gasteiger partial charge in [-0.05, 0) is 33.1 Å². The second kappa shape index (κ2) is 6.16. The number of nitrogens with one attached hydrogen (secondary N) is 1. The minimum Gasteiger partial charge on any atom is -0.313 e. The van der Waals surface area contributed by atoms with Crippen LogP contribution < -0.4 is 5.32 Å². The molecule has 0 bridgehead atoms. The Morgan fingerprint density at radius 3 is 2.41 bits per heavy atom. The number of hydrogen-bond acceptors (Lipinski definition) is 3. The molecule has 0 spiro atoms. The fourth-order valence-electron chi connectivity index (χ4n) is 1.86. The lowest BCUT2D eigenvalue weighted by Gasteiger charge is -2.27. The summed E-state index contributed by atoms with van der Waals surface area (Å²) < 4.78 is 26.1. The van der Waals surface area contributed by atoms with E-state index in [-0.39, 0.29) is 11.3 Å². The summed E-state index contributed by atoms with van der Waals surface area (Å²) in [6.45, 7) is 6.41. The zero-order chi connectivity index (χ0) is 13.1. The van der Waals surface area contributed by atoms with Crippen molar-refractivity contribution in [2.45, 2.75) is 63.8 Å². The van der Waals surface area contributed by atoms with Gasteiger partial charge in [0.25, 0.3) is 0 Å². The zero-order valence-electron chi connectivity index (χ0n) is 11.4. The van der Waals surface area contributed by atoms with Crippen molar-refractivity contribution in [1.29, 1.82) is 0 Å². The fraction of sp³-hybridized carbons (Fsp3) is 1.00. The van der Waals surface area contributed by atoms with Crippen molar-refractivity contribution < 1.29 is 8.42 Å². The fourth-order valence-corrected chi connectivity index (χ4v) is 3.34. The number of hydrogen-bond donors (Lipinski definition) is 1. The number of nitrogens with zero attached hydrogens (tertiary/aromatic N) is 1. The van der Waals surface area contributed by atoms with E-state index >= 15 is 0 Å². The first kappa shape index (κ1) is 14.9. The molecule has 1 rings (SSSR count). The molecule has 2 unspecified atom stereocenters. The summed E-state index contributed by atoms with van der Waals surface area (Å²) in [6, 6.07) is 0.652. The molecule has 2 atom stereocenters. The predicted octanol–water partition coefficient (Wildman–Crippen LogP) is 1.58. The first-order chi connectivity index (χ1) is 7.89. The van der Waals surface area contributed by atoms with E-state index < -0.39 is 10.0 Å². The van der Waals surface area contributed by atoms with Crippen LogP contribution in [-0.4, -0.2) is 43.6 Å². The van der Waals surface area contributed by atoms with Crippen LogP contribution in [-0.2, 0) is 10.0 Å². The highest BCUT2D eigenvalue weighted by molar-refractivity contribution is 7.89. The highest BCUT2D eigenvalue weighted by atomic mass is 32.2. The molecule has 0 heterocycles. The van der Waals surface area contributed by atoms with Gasteiger partial charge in [0, 0.05) is 25.7 Å². The van der Waals surface area contributed by atoms with Crippen LogP contribution in [0.4, 0.5) is 0 Å². The Morgan fingerprint density at radius 2 is 1.94 bits per heavy atom. The van der Waals surface area contributed by atoms with E-state index in [1.165, 1.54) is 17.1 Å². The van der Waals surface area contributed by atoms with E-state index in [4.69, 9.17) is 0 Å². The van der Waals surface area contributed by atoms with Crippen LogP contribution in [0.25, 0.3) is 0 Å². The first-order valence-electron chi connectivity index (χ1n) is 6.59. The van der Waals surface area contributed by atoms with Crippen molar-refractivity contribution in [3.05, 3.63) is 0 Å². The Balaban J connectivity index is 2.51. The summed E-state index contributed by atoms with van der Waals surface area (Å²) in [5.41, 5.74) is 0. The van der Waals surface area contributed by atoms with Crippen LogP contribution >= 0.6 is 0 Å². The molecule has 1 fully saturated rings. The number of sulfonamides is 1. The molecular weight excluding hydrogens is 236 g/mol. The lowest BCUT2D eigenvalue weighted by Crippen LogP contribution is -2.44. The van der Waals surface area contributed by atoms with Crippen LogP contribution in [0.5, 0.6) is 0 Å². The molecule has 0 radical (unpaired) electrons. The van der Waals surface area contributed by atoms with Gasteiger partial charge in [-0.2, -0.15) is 0 Å². The van der Waals surface area contributed by atoms with E-state index in [0.29, 0.717) is 12.6 Å². The molecule has 1 aliphatic carbocycles. The van der Waals surface area contributed by atoms with Gasteiger partial charge in [-0.3, -0.25) is 0 Å². The molecule has 0 saturated heterocycles. The van der Waals surface area contributed by atoms with Crippen molar-refractivity contribution in [2.24, 2.45) is 0 Å². The standard InChI is InChI=1S/C12H26N2O2S/c1-5-6-10(2)14(4)17(15,16)11(3)9-13-12-7-8-12/h10-13H,5-9H2,1-4H3. The molecule has 0 amide bonds. The average Bonchev–Trinajstić information content (AvgIpc) is 3.08. The minimum atomic E-state index is -3.16. The zero-order valence-corrected chi connectivity index (χ0v) is 12.3. The third-order valence-corrected chi connectivity index (χ3v) is 5.85. The van der Waals surface area contributed by atoms with Gasteiger partial charge in [-0.1, -0.05) is 13.3 Å². The molecule has 102 valence electrons. The van der Waals surface area contributed by atoms with Gasteiger partial charge < -0.3 is 5.32 Å². The maximum atomic E-state index is 12.3. The predicted molar refractivity (Wildman–Crippen MR) is 71.5 cm³/mol. The van der Waals surface area contributed by atoms with Crippen LogP contribution in [0.15, 0.2) is 0 Å². The van der Waals surface area contributed by atoms with Crippen molar-refractivity contribution in [3.63, 3.8) is 0 Å². The Bertz CT molecular complexity index is 325. The molecule has 0 aromatic rings. The monoisotopic (exact) mass is 262 g/mol. The van der Waals surface area contributed by atoms with Crippen molar-refractivity contribution in [2.75, 3.05) is 13.6 Å². The van der Waals surface area contributed by atoms with Gasteiger partial charge in [0.15, 0.2) is 0 Å². The molecule has 5 heteroatoms. The molecule has 17 heavy (non-hydrogen) atoms. The lowest BCUT2D eigenvalue weighted by molar-refractivity contribution is 0.363. The van der Waals surface area contributed by atoms with Gasteiger partial charge in [0.05, 0.1) is 5.25 Å². The summed E-state index contributed by atoms with van der Waals surface area (Å²) in [7, 11) is -1.46. The van der Waals surface area contributed by atoms with Crippen LogP contribution in [0.2, 0.25) is 0 Å². The summed E-state index contributed by atoms with van der Waals surface area (Å²) in [5, 5.41) is 2.94. The molecule has 4 nitrogen and oxygen atoms in total. The van der Waals surface area contributed by atoms with E-state index in [9.17, 15) is 8.42 Å². The molecule has 0 aromatic heterocycles. The molecule has 1 aliphatic rings. The van der Waals surface area contributed by atoms with Crippen molar-refractivity contribution in [3.8, 4) is 0 Å². The van der Waals surface area contributed by atoms with Gasteiger partial charge in [-0.15, -0.1) is 0 Å². The van der Waals surface area contributed by atoms with Gasteiger partial charge in [-0.25, -0.2) is 12.7 Å². The number of rotatable bonds is 8. The molecule has 0 aliphatic heterocycles. The Kier molecular flexibility index (Phi) is 5.41. The van der Waals surface area contributed by atoms with E-state index in [2.05, 4.69) is 12.2 Å². The molecular formula is C12H26N2O2S. The van der Waals surface area contributed by atoms with E-state index in [0.717, 1.165) is 12.8 Å². The van der Waals surface area contributed by atoms with Crippen molar-refractivity contribution in [1.82, 2.24) is 9.62 Å². The molecule has 1 N–H and O–H groups in total. The average molecular weight is 262 g/mol. The van der Waals surface area contributed by atoms with Gasteiger partial charge >= 0.3 is 0 Å². The Hall–Kier alpha value is -0.130.